The summed E-state index contributed by atoms with van der Waals surface area (Å²) in [6.45, 7) is 4.58. The number of carbonyl (C=O) groups excluding carboxylic acids is 1. The Bertz CT molecular complexity index is 555. The van der Waals surface area contributed by atoms with Crippen LogP contribution in [0.4, 0.5) is 0 Å². The van der Waals surface area contributed by atoms with Crippen LogP contribution in [0.1, 0.15) is 17.1 Å². The van der Waals surface area contributed by atoms with Gasteiger partial charge in [0.05, 0.1) is 17.9 Å². The molecule has 2 aromatic rings. The van der Waals surface area contributed by atoms with Crippen molar-refractivity contribution >= 4 is 5.91 Å². The van der Waals surface area contributed by atoms with E-state index in [0.717, 1.165) is 17.1 Å². The Labute approximate surface area is 106 Å². The Morgan fingerprint density at radius 2 is 2.22 bits per heavy atom. The average molecular weight is 247 g/mol. The summed E-state index contributed by atoms with van der Waals surface area (Å²) in [5.41, 5.74) is 2.91. The van der Waals surface area contributed by atoms with Crippen molar-refractivity contribution in [2.75, 3.05) is 0 Å². The third-order valence-electron chi connectivity index (χ3n) is 2.79. The van der Waals surface area contributed by atoms with Crippen LogP contribution in [0.15, 0.2) is 18.3 Å². The number of aryl methyl sites for hydroxylation is 3. The lowest BCUT2D eigenvalue weighted by Gasteiger charge is -2.06. The van der Waals surface area contributed by atoms with E-state index < -0.39 is 0 Å². The second-order valence-electron chi connectivity index (χ2n) is 4.31. The molecule has 0 radical (unpaired) electrons. The number of amides is 1. The summed E-state index contributed by atoms with van der Waals surface area (Å²) in [5.74, 6) is -0.0550. The predicted molar refractivity (Wildman–Crippen MR) is 66.8 cm³/mol. The van der Waals surface area contributed by atoms with Gasteiger partial charge in [0, 0.05) is 18.9 Å². The van der Waals surface area contributed by atoms with Crippen molar-refractivity contribution in [3.8, 4) is 0 Å². The molecule has 0 unspecified atom stereocenters. The molecular weight excluding hydrogens is 230 g/mol. The first-order valence-electron chi connectivity index (χ1n) is 5.81. The Morgan fingerprint density at radius 3 is 2.78 bits per heavy atom. The van der Waals surface area contributed by atoms with Gasteiger partial charge in [0.2, 0.25) is 5.91 Å². The van der Waals surface area contributed by atoms with Gasteiger partial charge >= 0.3 is 0 Å². The number of hydrogen-bond acceptors (Lipinski definition) is 3. The highest BCUT2D eigenvalue weighted by Gasteiger charge is 2.07. The van der Waals surface area contributed by atoms with Gasteiger partial charge in [-0.25, -0.2) is 0 Å². The van der Waals surface area contributed by atoms with Gasteiger partial charge in [-0.2, -0.15) is 10.2 Å². The Hall–Kier alpha value is -2.11. The summed E-state index contributed by atoms with van der Waals surface area (Å²) in [4.78, 5) is 11.8. The molecule has 2 aromatic heterocycles. The number of hydrogen-bond donors (Lipinski definition) is 1. The molecule has 1 amide bonds. The van der Waals surface area contributed by atoms with E-state index in [1.54, 1.807) is 15.6 Å². The molecule has 0 fully saturated rings. The first kappa shape index (κ1) is 12.3. The van der Waals surface area contributed by atoms with Crippen LogP contribution >= 0.6 is 0 Å². The Morgan fingerprint density at radius 1 is 1.44 bits per heavy atom. The van der Waals surface area contributed by atoms with E-state index in [9.17, 15) is 4.79 Å². The summed E-state index contributed by atoms with van der Waals surface area (Å²) in [5, 5.41) is 11.2. The molecule has 0 bridgehead atoms. The molecule has 2 heterocycles. The highest BCUT2D eigenvalue weighted by atomic mass is 16.2. The van der Waals surface area contributed by atoms with E-state index in [2.05, 4.69) is 15.5 Å². The zero-order chi connectivity index (χ0) is 13.1. The molecule has 6 heteroatoms. The SMILES string of the molecule is Cc1cc(CNC(=O)Cn2nccc2C)n(C)n1. The molecule has 0 aliphatic heterocycles. The van der Waals surface area contributed by atoms with Gasteiger partial charge in [0.15, 0.2) is 0 Å². The second kappa shape index (κ2) is 5.03. The Kier molecular flexibility index (Phi) is 3.45. The molecule has 0 aliphatic carbocycles. The summed E-state index contributed by atoms with van der Waals surface area (Å²) in [6, 6.07) is 3.83. The largest absolute Gasteiger partial charge is 0.349 e. The van der Waals surface area contributed by atoms with E-state index in [1.165, 1.54) is 0 Å². The third-order valence-corrected chi connectivity index (χ3v) is 2.79. The maximum atomic E-state index is 11.8. The van der Waals surface area contributed by atoms with Gasteiger partial charge in [-0.1, -0.05) is 0 Å². The van der Waals surface area contributed by atoms with Crippen LogP contribution < -0.4 is 5.32 Å². The van der Waals surface area contributed by atoms with Crippen LogP contribution in [0.5, 0.6) is 0 Å². The molecule has 0 aliphatic rings. The molecule has 1 N–H and O–H groups in total. The number of aromatic nitrogens is 4. The van der Waals surface area contributed by atoms with Crippen LogP contribution in [-0.2, 0) is 24.9 Å². The van der Waals surface area contributed by atoms with Crippen molar-refractivity contribution in [3.05, 3.63) is 35.4 Å². The lowest BCUT2D eigenvalue weighted by atomic mass is 10.3. The minimum Gasteiger partial charge on any atom is -0.349 e. The van der Waals surface area contributed by atoms with Crippen LogP contribution in [-0.4, -0.2) is 25.5 Å². The maximum Gasteiger partial charge on any atom is 0.242 e. The van der Waals surface area contributed by atoms with Crippen molar-refractivity contribution < 1.29 is 4.79 Å². The second-order valence-corrected chi connectivity index (χ2v) is 4.31. The van der Waals surface area contributed by atoms with E-state index in [1.807, 2.05) is 33.0 Å². The lowest BCUT2D eigenvalue weighted by Crippen LogP contribution is -2.28. The van der Waals surface area contributed by atoms with E-state index >= 15 is 0 Å². The quantitative estimate of drug-likeness (QED) is 0.858. The summed E-state index contributed by atoms with van der Waals surface area (Å²) in [7, 11) is 1.87. The zero-order valence-electron chi connectivity index (χ0n) is 10.8. The van der Waals surface area contributed by atoms with Gasteiger partial charge in [0.25, 0.3) is 0 Å². The lowest BCUT2D eigenvalue weighted by molar-refractivity contribution is -0.122. The fourth-order valence-electron chi connectivity index (χ4n) is 1.78. The molecule has 0 saturated carbocycles. The number of nitrogens with zero attached hydrogens (tertiary/aromatic N) is 4. The molecule has 0 spiro atoms. The van der Waals surface area contributed by atoms with Crippen LogP contribution in [0.25, 0.3) is 0 Å². The van der Waals surface area contributed by atoms with E-state index in [4.69, 9.17) is 0 Å². The molecule has 0 aromatic carbocycles. The molecule has 2 rings (SSSR count). The van der Waals surface area contributed by atoms with Crippen molar-refractivity contribution in [3.63, 3.8) is 0 Å². The minimum atomic E-state index is -0.0550. The van der Waals surface area contributed by atoms with Crippen LogP contribution in [0, 0.1) is 13.8 Å². The molecular formula is C12H17N5O. The third kappa shape index (κ3) is 2.77. The summed E-state index contributed by atoms with van der Waals surface area (Å²) >= 11 is 0. The van der Waals surface area contributed by atoms with Crippen LogP contribution in [0.3, 0.4) is 0 Å². The smallest absolute Gasteiger partial charge is 0.242 e. The van der Waals surface area contributed by atoms with Crippen molar-refractivity contribution in [2.45, 2.75) is 26.9 Å². The van der Waals surface area contributed by atoms with Crippen molar-refractivity contribution in [1.82, 2.24) is 24.9 Å². The normalized spacial score (nSPS) is 10.6. The molecule has 0 atom stereocenters. The first-order chi connectivity index (χ1) is 8.56. The number of carbonyl (C=O) groups is 1. The Balaban J connectivity index is 1.89. The van der Waals surface area contributed by atoms with Crippen molar-refractivity contribution in [1.29, 1.82) is 0 Å². The van der Waals surface area contributed by atoms with Gasteiger partial charge < -0.3 is 5.32 Å². The monoisotopic (exact) mass is 247 g/mol. The van der Waals surface area contributed by atoms with Gasteiger partial charge in [-0.3, -0.25) is 14.2 Å². The highest BCUT2D eigenvalue weighted by molar-refractivity contribution is 5.75. The molecule has 96 valence electrons. The minimum absolute atomic E-state index is 0.0550. The van der Waals surface area contributed by atoms with Gasteiger partial charge in [-0.05, 0) is 26.0 Å². The summed E-state index contributed by atoms with van der Waals surface area (Å²) < 4.78 is 3.44. The first-order valence-corrected chi connectivity index (χ1v) is 5.81. The van der Waals surface area contributed by atoms with Gasteiger partial charge in [0.1, 0.15) is 6.54 Å². The maximum absolute atomic E-state index is 11.8. The zero-order valence-corrected chi connectivity index (χ0v) is 10.8. The average Bonchev–Trinajstić information content (AvgIpc) is 2.83. The molecule has 6 nitrogen and oxygen atoms in total. The predicted octanol–water partition coefficient (Wildman–Crippen LogP) is 0.550. The van der Waals surface area contributed by atoms with E-state index in [0.29, 0.717) is 6.54 Å². The standard InChI is InChI=1S/C12H17N5O/c1-9-6-11(16(3)15-9)7-13-12(18)8-17-10(2)4-5-14-17/h4-6H,7-8H2,1-3H3,(H,13,18). The van der Waals surface area contributed by atoms with Crippen LogP contribution in [0.2, 0.25) is 0 Å². The highest BCUT2D eigenvalue weighted by Crippen LogP contribution is 2.01. The molecule has 18 heavy (non-hydrogen) atoms. The van der Waals surface area contributed by atoms with E-state index in [-0.39, 0.29) is 12.5 Å². The topological polar surface area (TPSA) is 64.7 Å². The van der Waals surface area contributed by atoms with Gasteiger partial charge in [-0.15, -0.1) is 0 Å². The fraction of sp³-hybridized carbons (Fsp3) is 0.417. The van der Waals surface area contributed by atoms with Crippen molar-refractivity contribution in [2.24, 2.45) is 7.05 Å². The molecule has 0 saturated heterocycles. The number of rotatable bonds is 4. The number of nitrogens with one attached hydrogen (secondary N) is 1. The fourth-order valence-corrected chi connectivity index (χ4v) is 1.78. The summed E-state index contributed by atoms with van der Waals surface area (Å²) in [6.07, 6.45) is 1.69.